The molecule has 0 radical (unpaired) electrons. The molecule has 0 aliphatic carbocycles. The lowest BCUT2D eigenvalue weighted by Crippen LogP contribution is -2.44. The summed E-state index contributed by atoms with van der Waals surface area (Å²) in [6, 6.07) is 13.5. The number of nitrogens with zero attached hydrogens (tertiary/aromatic N) is 4. The van der Waals surface area contributed by atoms with E-state index in [4.69, 9.17) is 11.6 Å². The first kappa shape index (κ1) is 19.5. The van der Waals surface area contributed by atoms with Crippen LogP contribution in [0.1, 0.15) is 28.9 Å². The highest BCUT2D eigenvalue weighted by Crippen LogP contribution is 2.24. The zero-order valence-electron chi connectivity index (χ0n) is 16.0. The third kappa shape index (κ3) is 4.96. The molecule has 3 aromatic rings. The Bertz CT molecular complexity index is 956. The molecule has 148 valence electrons. The third-order valence-electron chi connectivity index (χ3n) is 5.06. The van der Waals surface area contributed by atoms with Crippen molar-refractivity contribution >= 4 is 17.5 Å². The minimum Gasteiger partial charge on any atom is -0.349 e. The van der Waals surface area contributed by atoms with Crippen molar-refractivity contribution < 1.29 is 4.79 Å². The predicted octanol–water partition coefficient (Wildman–Crippen LogP) is 3.59. The molecule has 6 nitrogen and oxygen atoms in total. The Balaban J connectivity index is 1.30. The van der Waals surface area contributed by atoms with Gasteiger partial charge in [-0.25, -0.2) is 9.97 Å². The first-order valence-electron chi connectivity index (χ1n) is 9.69. The van der Waals surface area contributed by atoms with Crippen molar-refractivity contribution in [3.05, 3.63) is 77.3 Å². The van der Waals surface area contributed by atoms with Crippen LogP contribution in [0.25, 0.3) is 11.4 Å². The highest BCUT2D eigenvalue weighted by Gasteiger charge is 2.21. The van der Waals surface area contributed by atoms with Gasteiger partial charge in [-0.3, -0.25) is 14.7 Å². The van der Waals surface area contributed by atoms with Gasteiger partial charge in [-0.2, -0.15) is 0 Å². The molecule has 29 heavy (non-hydrogen) atoms. The minimum atomic E-state index is -0.140. The van der Waals surface area contributed by atoms with E-state index in [2.05, 4.69) is 25.2 Å². The molecule has 1 aliphatic rings. The minimum absolute atomic E-state index is 0.140. The maximum absolute atomic E-state index is 12.6. The smallest absolute Gasteiger partial charge is 0.254 e. The Kier molecular flexibility index (Phi) is 6.12. The van der Waals surface area contributed by atoms with Crippen molar-refractivity contribution in [3.8, 4) is 11.4 Å². The topological polar surface area (TPSA) is 71.0 Å². The number of rotatable bonds is 5. The van der Waals surface area contributed by atoms with Gasteiger partial charge >= 0.3 is 0 Å². The Labute approximate surface area is 175 Å². The number of likely N-dealkylation sites (tertiary alicyclic amines) is 1. The SMILES string of the molecule is O=C(NC1CCN(Cc2ccccn2)CC1)c1cnc(-c2ccccc2Cl)nc1. The number of hydrogen-bond donors (Lipinski definition) is 1. The van der Waals surface area contributed by atoms with Crippen LogP contribution in [0.2, 0.25) is 5.02 Å². The molecule has 1 N–H and O–H groups in total. The van der Waals surface area contributed by atoms with Crippen LogP contribution in [-0.2, 0) is 6.54 Å². The Morgan fingerprint density at radius 3 is 2.45 bits per heavy atom. The number of pyridine rings is 1. The van der Waals surface area contributed by atoms with Gasteiger partial charge in [0, 0.05) is 49.8 Å². The Morgan fingerprint density at radius 2 is 1.76 bits per heavy atom. The van der Waals surface area contributed by atoms with Gasteiger partial charge in [-0.05, 0) is 37.1 Å². The van der Waals surface area contributed by atoms with Crippen LogP contribution in [0, 0.1) is 0 Å². The highest BCUT2D eigenvalue weighted by molar-refractivity contribution is 6.33. The van der Waals surface area contributed by atoms with Gasteiger partial charge < -0.3 is 5.32 Å². The molecule has 1 aliphatic heterocycles. The average molecular weight is 408 g/mol. The lowest BCUT2D eigenvalue weighted by atomic mass is 10.0. The van der Waals surface area contributed by atoms with Crippen molar-refractivity contribution in [1.29, 1.82) is 0 Å². The molecule has 0 atom stereocenters. The number of piperidine rings is 1. The van der Waals surface area contributed by atoms with E-state index in [0.29, 0.717) is 16.4 Å². The number of benzene rings is 1. The van der Waals surface area contributed by atoms with E-state index in [0.717, 1.165) is 43.7 Å². The summed E-state index contributed by atoms with van der Waals surface area (Å²) in [4.78, 5) is 27.9. The van der Waals surface area contributed by atoms with Crippen LogP contribution in [0.4, 0.5) is 0 Å². The second-order valence-electron chi connectivity index (χ2n) is 7.12. The van der Waals surface area contributed by atoms with Crippen molar-refractivity contribution in [2.24, 2.45) is 0 Å². The number of carbonyl (C=O) groups is 1. The number of carbonyl (C=O) groups excluding carboxylic acids is 1. The number of amides is 1. The van der Waals surface area contributed by atoms with Gasteiger partial charge in [0.2, 0.25) is 0 Å². The maximum Gasteiger partial charge on any atom is 0.254 e. The molecule has 1 aromatic carbocycles. The van der Waals surface area contributed by atoms with E-state index in [1.807, 2.05) is 42.6 Å². The van der Waals surface area contributed by atoms with E-state index < -0.39 is 0 Å². The molecular formula is C22H22ClN5O. The van der Waals surface area contributed by atoms with E-state index in [1.165, 1.54) is 0 Å². The van der Waals surface area contributed by atoms with Gasteiger partial charge in [-0.15, -0.1) is 0 Å². The first-order chi connectivity index (χ1) is 14.2. The normalized spacial score (nSPS) is 15.2. The summed E-state index contributed by atoms with van der Waals surface area (Å²) in [5.41, 5.74) is 2.28. The molecule has 0 saturated carbocycles. The Morgan fingerprint density at radius 1 is 1.03 bits per heavy atom. The zero-order chi connectivity index (χ0) is 20.1. The van der Waals surface area contributed by atoms with Crippen LogP contribution >= 0.6 is 11.6 Å². The van der Waals surface area contributed by atoms with Gasteiger partial charge in [-0.1, -0.05) is 29.8 Å². The van der Waals surface area contributed by atoms with Crippen LogP contribution < -0.4 is 5.32 Å². The fourth-order valence-corrected chi connectivity index (χ4v) is 3.67. The van der Waals surface area contributed by atoms with Gasteiger partial charge in [0.05, 0.1) is 16.3 Å². The number of halogens is 1. The van der Waals surface area contributed by atoms with Crippen molar-refractivity contribution in [2.75, 3.05) is 13.1 Å². The van der Waals surface area contributed by atoms with Crippen LogP contribution in [0.15, 0.2) is 61.1 Å². The quantitative estimate of drug-likeness (QED) is 0.699. The third-order valence-corrected chi connectivity index (χ3v) is 5.39. The standard InChI is InChI=1S/C22H22ClN5O/c23-20-7-2-1-6-19(20)21-25-13-16(14-26-21)22(29)27-17-8-11-28(12-9-17)15-18-5-3-4-10-24-18/h1-7,10,13-14,17H,8-9,11-12,15H2,(H,27,29). The second kappa shape index (κ2) is 9.11. The monoisotopic (exact) mass is 407 g/mol. The van der Waals surface area contributed by atoms with E-state index in [1.54, 1.807) is 18.5 Å². The van der Waals surface area contributed by atoms with Crippen molar-refractivity contribution in [2.45, 2.75) is 25.4 Å². The van der Waals surface area contributed by atoms with Crippen molar-refractivity contribution in [1.82, 2.24) is 25.2 Å². The summed E-state index contributed by atoms with van der Waals surface area (Å²) in [7, 11) is 0. The number of aromatic nitrogens is 3. The molecule has 3 heterocycles. The lowest BCUT2D eigenvalue weighted by molar-refractivity contribution is 0.0908. The lowest BCUT2D eigenvalue weighted by Gasteiger charge is -2.32. The molecule has 0 unspecified atom stereocenters. The largest absolute Gasteiger partial charge is 0.349 e. The molecule has 0 spiro atoms. The average Bonchev–Trinajstić information content (AvgIpc) is 2.76. The van der Waals surface area contributed by atoms with Crippen LogP contribution in [0.5, 0.6) is 0 Å². The molecule has 0 bridgehead atoms. The Hall–Kier alpha value is -2.83. The number of hydrogen-bond acceptors (Lipinski definition) is 5. The maximum atomic E-state index is 12.6. The van der Waals surface area contributed by atoms with Crippen molar-refractivity contribution in [3.63, 3.8) is 0 Å². The summed E-state index contributed by atoms with van der Waals surface area (Å²) in [6.45, 7) is 2.71. The van der Waals surface area contributed by atoms with Gasteiger partial charge in [0.15, 0.2) is 5.82 Å². The van der Waals surface area contributed by atoms with Gasteiger partial charge in [0.1, 0.15) is 0 Å². The summed E-state index contributed by atoms with van der Waals surface area (Å²) < 4.78 is 0. The van der Waals surface area contributed by atoms with E-state index in [-0.39, 0.29) is 11.9 Å². The molecule has 1 fully saturated rings. The fraction of sp³-hybridized carbons (Fsp3) is 0.273. The second-order valence-corrected chi connectivity index (χ2v) is 7.53. The zero-order valence-corrected chi connectivity index (χ0v) is 16.7. The summed E-state index contributed by atoms with van der Waals surface area (Å²) in [5, 5.41) is 3.69. The number of nitrogens with one attached hydrogen (secondary N) is 1. The summed E-state index contributed by atoms with van der Waals surface area (Å²) in [6.07, 6.45) is 6.75. The van der Waals surface area contributed by atoms with Crippen LogP contribution in [-0.4, -0.2) is 44.9 Å². The predicted molar refractivity (Wildman–Crippen MR) is 112 cm³/mol. The molecule has 7 heteroatoms. The van der Waals surface area contributed by atoms with E-state index >= 15 is 0 Å². The molecular weight excluding hydrogens is 386 g/mol. The molecule has 1 saturated heterocycles. The van der Waals surface area contributed by atoms with E-state index in [9.17, 15) is 4.79 Å². The van der Waals surface area contributed by atoms with Gasteiger partial charge in [0.25, 0.3) is 5.91 Å². The highest BCUT2D eigenvalue weighted by atomic mass is 35.5. The first-order valence-corrected chi connectivity index (χ1v) is 10.1. The summed E-state index contributed by atoms with van der Waals surface area (Å²) in [5.74, 6) is 0.369. The molecule has 1 amide bonds. The summed E-state index contributed by atoms with van der Waals surface area (Å²) >= 11 is 6.19. The van der Waals surface area contributed by atoms with Crippen LogP contribution in [0.3, 0.4) is 0 Å². The molecule has 4 rings (SSSR count). The molecule has 2 aromatic heterocycles. The fourth-order valence-electron chi connectivity index (χ4n) is 3.45.